The van der Waals surface area contributed by atoms with E-state index in [2.05, 4.69) is 4.98 Å². The van der Waals surface area contributed by atoms with Crippen molar-refractivity contribution in [3.63, 3.8) is 0 Å². The molecule has 1 aliphatic heterocycles. The molecule has 0 radical (unpaired) electrons. The Bertz CT molecular complexity index is 1290. The normalized spacial score (nSPS) is 18.6. The second-order valence-electron chi connectivity index (χ2n) is 7.42. The van der Waals surface area contributed by atoms with Crippen LogP contribution < -0.4 is 20.9 Å². The van der Waals surface area contributed by atoms with Crippen LogP contribution in [0.5, 0.6) is 11.5 Å². The van der Waals surface area contributed by atoms with Crippen molar-refractivity contribution in [2.24, 2.45) is 11.5 Å². The molecule has 0 saturated carbocycles. The summed E-state index contributed by atoms with van der Waals surface area (Å²) in [5.41, 5.74) is 8.68. The number of pyridine rings is 1. The largest absolute Gasteiger partial charge is 0.494 e. The molecular formula is C23H19ClFN3O6. The molecule has 5 N–H and O–H groups in total. The Hall–Kier alpha value is -3.89. The molecule has 2 atom stereocenters. The summed E-state index contributed by atoms with van der Waals surface area (Å²) in [5, 5.41) is 11.5. The molecule has 3 aromatic rings. The summed E-state index contributed by atoms with van der Waals surface area (Å²) in [6.07, 6.45) is -1.21. The predicted molar refractivity (Wildman–Crippen MR) is 119 cm³/mol. The van der Waals surface area contributed by atoms with Crippen molar-refractivity contribution in [3.8, 4) is 22.6 Å². The topological polar surface area (TPSA) is 147 Å². The Morgan fingerprint density at radius 1 is 1.21 bits per heavy atom. The van der Waals surface area contributed by atoms with Crippen LogP contribution in [0.25, 0.3) is 11.1 Å². The lowest BCUT2D eigenvalue weighted by atomic mass is 9.85. The van der Waals surface area contributed by atoms with Crippen LogP contribution in [0.3, 0.4) is 0 Å². The average molecular weight is 488 g/mol. The molecule has 0 aliphatic carbocycles. The number of fused-ring (bicyclic) bond motifs is 1. The molecule has 0 saturated heterocycles. The number of primary amides is 2. The number of benzene rings is 2. The Morgan fingerprint density at radius 3 is 2.59 bits per heavy atom. The van der Waals surface area contributed by atoms with Crippen LogP contribution in [-0.4, -0.2) is 35.8 Å². The first-order valence-electron chi connectivity index (χ1n) is 9.91. The standard InChI is InChI=1S/C23H19ClFN3O6/c1-32-14-7-5-11(21(26)30)16(19(14)25)17-12(24)6-8-13-18(17)20(29)23(34-13,10-33-22(27)31)15-4-2-3-9-28-15/h2-9,20,29H,10H2,1H3,(H2,26,30)(H2,27,31). The summed E-state index contributed by atoms with van der Waals surface area (Å²) in [6, 6.07) is 10.3. The average Bonchev–Trinajstić information content (AvgIpc) is 3.11. The minimum absolute atomic E-state index is 0.00342. The zero-order valence-electron chi connectivity index (χ0n) is 17.7. The van der Waals surface area contributed by atoms with E-state index in [1.54, 1.807) is 18.2 Å². The number of carbonyl (C=O) groups is 2. The number of halogens is 2. The van der Waals surface area contributed by atoms with Crippen molar-refractivity contribution in [2.75, 3.05) is 13.7 Å². The van der Waals surface area contributed by atoms with Crippen molar-refractivity contribution in [2.45, 2.75) is 11.7 Å². The first-order valence-corrected chi connectivity index (χ1v) is 10.3. The summed E-state index contributed by atoms with van der Waals surface area (Å²) in [7, 11) is 1.26. The lowest BCUT2D eigenvalue weighted by molar-refractivity contribution is -0.0737. The number of methoxy groups -OCH3 is 1. The fourth-order valence-corrected chi connectivity index (χ4v) is 4.26. The summed E-state index contributed by atoms with van der Waals surface area (Å²) >= 11 is 6.47. The quantitative estimate of drug-likeness (QED) is 0.484. The summed E-state index contributed by atoms with van der Waals surface area (Å²) < 4.78 is 31.6. The molecule has 0 spiro atoms. The molecule has 2 heterocycles. The Balaban J connectivity index is 2.00. The van der Waals surface area contributed by atoms with Gasteiger partial charge < -0.3 is 30.8 Å². The predicted octanol–water partition coefficient (Wildman–Crippen LogP) is 3.07. The van der Waals surface area contributed by atoms with Crippen molar-refractivity contribution in [1.29, 1.82) is 0 Å². The number of carbonyl (C=O) groups excluding carboxylic acids is 2. The van der Waals surface area contributed by atoms with Gasteiger partial charge in [0.15, 0.2) is 11.6 Å². The van der Waals surface area contributed by atoms with Gasteiger partial charge in [-0.15, -0.1) is 0 Å². The highest BCUT2D eigenvalue weighted by atomic mass is 35.5. The highest BCUT2D eigenvalue weighted by Crippen LogP contribution is 2.54. The number of aromatic nitrogens is 1. The molecule has 34 heavy (non-hydrogen) atoms. The van der Waals surface area contributed by atoms with Crippen LogP contribution in [0.4, 0.5) is 9.18 Å². The van der Waals surface area contributed by atoms with Gasteiger partial charge in [0.25, 0.3) is 0 Å². The molecule has 9 nitrogen and oxygen atoms in total. The second kappa shape index (κ2) is 8.81. The highest BCUT2D eigenvalue weighted by molar-refractivity contribution is 6.34. The van der Waals surface area contributed by atoms with E-state index in [4.69, 9.17) is 37.3 Å². The van der Waals surface area contributed by atoms with Gasteiger partial charge in [0.05, 0.1) is 18.4 Å². The number of amides is 2. The molecule has 176 valence electrons. The van der Waals surface area contributed by atoms with E-state index in [0.29, 0.717) is 0 Å². The van der Waals surface area contributed by atoms with Gasteiger partial charge in [-0.05, 0) is 36.4 Å². The van der Waals surface area contributed by atoms with E-state index in [0.717, 1.165) is 0 Å². The van der Waals surface area contributed by atoms with E-state index in [1.165, 1.54) is 37.6 Å². The number of aliphatic hydroxyl groups is 1. The Labute approximate surface area is 198 Å². The summed E-state index contributed by atoms with van der Waals surface area (Å²) in [5.74, 6) is -1.91. The van der Waals surface area contributed by atoms with Gasteiger partial charge in [0.2, 0.25) is 11.5 Å². The monoisotopic (exact) mass is 487 g/mol. The number of hydrogen-bond donors (Lipinski definition) is 3. The third-order valence-corrected chi connectivity index (χ3v) is 5.85. The number of ether oxygens (including phenoxy) is 3. The van der Waals surface area contributed by atoms with Crippen molar-refractivity contribution in [1.82, 2.24) is 4.98 Å². The fraction of sp³-hybridized carbons (Fsp3) is 0.174. The molecule has 4 rings (SSSR count). The van der Waals surface area contributed by atoms with Crippen LogP contribution in [0.15, 0.2) is 48.7 Å². The Kier molecular flexibility index (Phi) is 6.03. The molecule has 1 aromatic heterocycles. The van der Waals surface area contributed by atoms with E-state index < -0.39 is 36.1 Å². The minimum Gasteiger partial charge on any atom is -0.494 e. The van der Waals surface area contributed by atoms with Crippen molar-refractivity contribution < 1.29 is 33.3 Å². The van der Waals surface area contributed by atoms with E-state index in [9.17, 15) is 14.7 Å². The van der Waals surface area contributed by atoms with Crippen LogP contribution in [0, 0.1) is 5.82 Å². The van der Waals surface area contributed by atoms with Gasteiger partial charge in [-0.3, -0.25) is 9.78 Å². The molecular weight excluding hydrogens is 469 g/mol. The summed E-state index contributed by atoms with van der Waals surface area (Å²) in [4.78, 5) is 27.8. The molecule has 2 aromatic carbocycles. The number of nitrogens with two attached hydrogens (primary N) is 2. The Morgan fingerprint density at radius 2 is 1.97 bits per heavy atom. The highest BCUT2D eigenvalue weighted by Gasteiger charge is 2.53. The number of hydrogen-bond acceptors (Lipinski definition) is 7. The van der Waals surface area contributed by atoms with Crippen LogP contribution >= 0.6 is 11.6 Å². The molecule has 0 bridgehead atoms. The molecule has 11 heteroatoms. The van der Waals surface area contributed by atoms with E-state index >= 15 is 4.39 Å². The number of aliphatic hydroxyl groups excluding tert-OH is 1. The summed E-state index contributed by atoms with van der Waals surface area (Å²) in [6.45, 7) is -0.518. The SMILES string of the molecule is COc1ccc(C(N)=O)c(-c2c(Cl)ccc3c2C(O)C(COC(N)=O)(c2ccccn2)O3)c1F. The maximum atomic E-state index is 15.5. The lowest BCUT2D eigenvalue weighted by Gasteiger charge is -2.30. The minimum atomic E-state index is -1.74. The zero-order chi connectivity index (χ0) is 24.6. The van der Waals surface area contributed by atoms with E-state index in [-0.39, 0.29) is 44.5 Å². The number of nitrogens with zero attached hydrogens (tertiary/aromatic N) is 1. The zero-order valence-corrected chi connectivity index (χ0v) is 18.5. The fourth-order valence-electron chi connectivity index (χ4n) is 4.00. The van der Waals surface area contributed by atoms with E-state index in [1.807, 2.05) is 0 Å². The maximum Gasteiger partial charge on any atom is 0.404 e. The van der Waals surface area contributed by atoms with Gasteiger partial charge in [0.1, 0.15) is 18.5 Å². The molecule has 1 aliphatic rings. The molecule has 2 amide bonds. The van der Waals surface area contributed by atoms with Crippen LogP contribution in [0.2, 0.25) is 5.02 Å². The third kappa shape index (κ3) is 3.66. The van der Waals surface area contributed by atoms with Gasteiger partial charge in [-0.1, -0.05) is 17.7 Å². The van der Waals surface area contributed by atoms with Gasteiger partial charge in [-0.2, -0.15) is 0 Å². The van der Waals surface area contributed by atoms with Gasteiger partial charge in [-0.25, -0.2) is 9.18 Å². The van der Waals surface area contributed by atoms with Crippen molar-refractivity contribution in [3.05, 3.63) is 76.3 Å². The van der Waals surface area contributed by atoms with Crippen molar-refractivity contribution >= 4 is 23.6 Å². The first-order chi connectivity index (χ1) is 16.2. The first kappa shape index (κ1) is 23.3. The molecule has 0 fully saturated rings. The second-order valence-corrected chi connectivity index (χ2v) is 7.83. The molecule has 2 unspecified atom stereocenters. The lowest BCUT2D eigenvalue weighted by Crippen LogP contribution is -2.42. The maximum absolute atomic E-state index is 15.5. The van der Waals surface area contributed by atoms with Crippen LogP contribution in [-0.2, 0) is 10.3 Å². The third-order valence-electron chi connectivity index (χ3n) is 5.53. The smallest absolute Gasteiger partial charge is 0.404 e. The van der Waals surface area contributed by atoms with Gasteiger partial charge >= 0.3 is 6.09 Å². The number of rotatable bonds is 6. The van der Waals surface area contributed by atoms with Gasteiger partial charge in [0, 0.05) is 27.9 Å². The van der Waals surface area contributed by atoms with Crippen LogP contribution in [0.1, 0.15) is 27.7 Å².